The molecule has 0 saturated heterocycles. The summed E-state index contributed by atoms with van der Waals surface area (Å²) in [7, 11) is 0. The van der Waals surface area contributed by atoms with Crippen molar-refractivity contribution in [1.82, 2.24) is 24.7 Å². The highest BCUT2D eigenvalue weighted by atomic mass is 16.7. The molecule has 0 bridgehead atoms. The lowest BCUT2D eigenvalue weighted by atomic mass is 10.2. The van der Waals surface area contributed by atoms with Crippen molar-refractivity contribution in [3.63, 3.8) is 0 Å². The smallest absolute Gasteiger partial charge is 0.273 e. The molecule has 23 heavy (non-hydrogen) atoms. The number of hydrogen-bond donors (Lipinski definition) is 0. The van der Waals surface area contributed by atoms with Crippen molar-refractivity contribution in [1.29, 1.82) is 0 Å². The van der Waals surface area contributed by atoms with Gasteiger partial charge < -0.3 is 9.47 Å². The van der Waals surface area contributed by atoms with Crippen LogP contribution in [-0.4, -0.2) is 37.7 Å². The summed E-state index contributed by atoms with van der Waals surface area (Å²) < 4.78 is 13.9. The molecular weight excluding hydrogens is 296 g/mol. The van der Waals surface area contributed by atoms with E-state index in [1.54, 1.807) is 15.6 Å². The highest BCUT2D eigenvalue weighted by Gasteiger charge is 2.13. The van der Waals surface area contributed by atoms with E-state index in [2.05, 4.69) is 20.4 Å². The minimum Gasteiger partial charge on any atom is -0.454 e. The van der Waals surface area contributed by atoms with Crippen molar-refractivity contribution in [2.24, 2.45) is 5.10 Å². The van der Waals surface area contributed by atoms with Crippen LogP contribution in [-0.2, 0) is 0 Å². The van der Waals surface area contributed by atoms with Crippen LogP contribution in [0.5, 0.6) is 11.5 Å². The topological polar surface area (TPSA) is 79.4 Å². The molecule has 8 nitrogen and oxygen atoms in total. The average molecular weight is 310 g/mol. The molecule has 0 atom stereocenters. The predicted molar refractivity (Wildman–Crippen MR) is 82.2 cm³/mol. The number of aromatic nitrogens is 5. The van der Waals surface area contributed by atoms with Gasteiger partial charge in [0, 0.05) is 5.69 Å². The molecule has 0 N–H and O–H groups in total. The molecule has 3 aromatic rings. The Kier molecular flexibility index (Phi) is 3.07. The first kappa shape index (κ1) is 13.5. The lowest BCUT2D eigenvalue weighted by Crippen LogP contribution is -2.06. The summed E-state index contributed by atoms with van der Waals surface area (Å²) in [6.45, 7) is 4.14. The third-order valence-corrected chi connectivity index (χ3v) is 3.44. The van der Waals surface area contributed by atoms with Gasteiger partial charge in [-0.3, -0.25) is 0 Å². The van der Waals surface area contributed by atoms with Gasteiger partial charge in [-0.15, -0.1) is 10.2 Å². The molecule has 0 fully saturated rings. The number of rotatable bonds is 3. The third kappa shape index (κ3) is 2.44. The SMILES string of the molecule is Cc1cc(C)n(-c2nncn2N=Cc2ccc3c(c2)OCO3)n1. The Morgan fingerprint density at radius 3 is 2.87 bits per heavy atom. The highest BCUT2D eigenvalue weighted by Crippen LogP contribution is 2.31. The molecule has 0 saturated carbocycles. The predicted octanol–water partition coefficient (Wildman–Crippen LogP) is 1.69. The number of hydrogen-bond acceptors (Lipinski definition) is 6. The van der Waals surface area contributed by atoms with Gasteiger partial charge in [-0.05, 0) is 43.7 Å². The molecule has 0 unspecified atom stereocenters. The highest BCUT2D eigenvalue weighted by molar-refractivity contribution is 5.81. The van der Waals surface area contributed by atoms with Crippen molar-refractivity contribution in [2.75, 3.05) is 6.79 Å². The minimum absolute atomic E-state index is 0.253. The molecule has 1 aliphatic heterocycles. The van der Waals surface area contributed by atoms with Gasteiger partial charge in [0.25, 0.3) is 5.95 Å². The van der Waals surface area contributed by atoms with E-state index >= 15 is 0 Å². The van der Waals surface area contributed by atoms with Gasteiger partial charge in [0.2, 0.25) is 6.79 Å². The summed E-state index contributed by atoms with van der Waals surface area (Å²) in [4.78, 5) is 0. The summed E-state index contributed by atoms with van der Waals surface area (Å²) in [5.74, 6) is 2.00. The van der Waals surface area contributed by atoms with Crippen LogP contribution >= 0.6 is 0 Å². The van der Waals surface area contributed by atoms with Gasteiger partial charge in [0.1, 0.15) is 6.33 Å². The lowest BCUT2D eigenvalue weighted by molar-refractivity contribution is 0.174. The van der Waals surface area contributed by atoms with Gasteiger partial charge >= 0.3 is 0 Å². The fourth-order valence-corrected chi connectivity index (χ4v) is 2.40. The molecule has 1 aliphatic rings. The van der Waals surface area contributed by atoms with Gasteiger partial charge in [-0.2, -0.15) is 14.9 Å². The monoisotopic (exact) mass is 310 g/mol. The number of aryl methyl sites for hydroxylation is 2. The van der Waals surface area contributed by atoms with Crippen LogP contribution in [0.1, 0.15) is 17.0 Å². The van der Waals surface area contributed by atoms with Crippen LogP contribution in [0.15, 0.2) is 35.7 Å². The zero-order valence-electron chi connectivity index (χ0n) is 12.7. The second-order valence-corrected chi connectivity index (χ2v) is 5.17. The summed E-state index contributed by atoms with van der Waals surface area (Å²) in [6, 6.07) is 7.61. The second kappa shape index (κ2) is 5.24. The van der Waals surface area contributed by atoms with Gasteiger partial charge in [0.05, 0.1) is 11.9 Å². The maximum atomic E-state index is 5.36. The molecule has 1 aromatic carbocycles. The van der Waals surface area contributed by atoms with E-state index in [1.807, 2.05) is 38.1 Å². The zero-order chi connectivity index (χ0) is 15.8. The van der Waals surface area contributed by atoms with Crippen LogP contribution in [0.25, 0.3) is 5.95 Å². The summed E-state index contributed by atoms with van der Waals surface area (Å²) in [6.07, 6.45) is 3.25. The molecule has 3 heterocycles. The van der Waals surface area contributed by atoms with E-state index in [4.69, 9.17) is 9.47 Å². The van der Waals surface area contributed by atoms with Crippen molar-refractivity contribution in [2.45, 2.75) is 13.8 Å². The largest absolute Gasteiger partial charge is 0.454 e. The summed E-state index contributed by atoms with van der Waals surface area (Å²) in [5.41, 5.74) is 2.77. The minimum atomic E-state index is 0.253. The van der Waals surface area contributed by atoms with Crippen molar-refractivity contribution in [3.8, 4) is 17.4 Å². The van der Waals surface area contributed by atoms with Gasteiger partial charge in [0.15, 0.2) is 11.5 Å². The molecule has 0 amide bonds. The summed E-state index contributed by atoms with van der Waals surface area (Å²) >= 11 is 0. The average Bonchev–Trinajstić information content (AvgIpc) is 3.24. The van der Waals surface area contributed by atoms with Crippen molar-refractivity contribution >= 4 is 6.21 Å². The van der Waals surface area contributed by atoms with E-state index in [-0.39, 0.29) is 6.79 Å². The molecule has 4 rings (SSSR count). The quantitative estimate of drug-likeness (QED) is 0.688. The summed E-state index contributed by atoms with van der Waals surface area (Å²) in [5, 5.41) is 16.8. The van der Waals surface area contributed by atoms with E-state index in [1.165, 1.54) is 6.33 Å². The molecule has 0 radical (unpaired) electrons. The fourth-order valence-electron chi connectivity index (χ4n) is 2.40. The van der Waals surface area contributed by atoms with E-state index in [9.17, 15) is 0 Å². The molecule has 0 spiro atoms. The van der Waals surface area contributed by atoms with E-state index in [0.717, 1.165) is 28.5 Å². The maximum absolute atomic E-state index is 5.36. The molecule has 0 aliphatic carbocycles. The van der Waals surface area contributed by atoms with Gasteiger partial charge in [-0.1, -0.05) is 0 Å². The molecular formula is C15H14N6O2. The Morgan fingerprint density at radius 1 is 1.17 bits per heavy atom. The van der Waals surface area contributed by atoms with Crippen LogP contribution in [0.4, 0.5) is 0 Å². The van der Waals surface area contributed by atoms with Crippen LogP contribution < -0.4 is 9.47 Å². The fraction of sp³-hybridized carbons (Fsp3) is 0.200. The normalized spacial score (nSPS) is 13.1. The number of fused-ring (bicyclic) bond motifs is 1. The molecule has 2 aromatic heterocycles. The van der Waals surface area contributed by atoms with E-state index in [0.29, 0.717) is 5.95 Å². The third-order valence-electron chi connectivity index (χ3n) is 3.44. The first-order chi connectivity index (χ1) is 11.2. The standard InChI is InChI=1S/C15H14N6O2/c1-10-5-11(2)21(19-10)15-18-16-8-20(15)17-7-12-3-4-13-14(6-12)23-9-22-13/h3-8H,9H2,1-2H3. The zero-order valence-corrected chi connectivity index (χ0v) is 12.7. The van der Waals surface area contributed by atoms with Crippen molar-refractivity contribution < 1.29 is 9.47 Å². The Hall–Kier alpha value is -3.16. The van der Waals surface area contributed by atoms with Crippen LogP contribution in [0.2, 0.25) is 0 Å². The molecule has 116 valence electrons. The van der Waals surface area contributed by atoms with Crippen LogP contribution in [0.3, 0.4) is 0 Å². The van der Waals surface area contributed by atoms with E-state index < -0.39 is 0 Å². The number of nitrogens with zero attached hydrogens (tertiary/aromatic N) is 6. The first-order valence-electron chi connectivity index (χ1n) is 7.08. The second-order valence-electron chi connectivity index (χ2n) is 5.17. The van der Waals surface area contributed by atoms with Gasteiger partial charge in [-0.25, -0.2) is 4.68 Å². The van der Waals surface area contributed by atoms with Crippen molar-refractivity contribution in [3.05, 3.63) is 47.5 Å². The number of ether oxygens (including phenoxy) is 2. The maximum Gasteiger partial charge on any atom is 0.273 e. The Bertz CT molecular complexity index is 895. The Balaban J connectivity index is 1.65. The number of benzene rings is 1. The molecule has 8 heteroatoms. The van der Waals surface area contributed by atoms with Crippen LogP contribution in [0, 0.1) is 13.8 Å². The lowest BCUT2D eigenvalue weighted by Gasteiger charge is -2.02. The first-order valence-corrected chi connectivity index (χ1v) is 7.08. The Labute approximate surface area is 132 Å². The Morgan fingerprint density at radius 2 is 2.04 bits per heavy atom.